The Morgan fingerprint density at radius 2 is 1.63 bits per heavy atom. The van der Waals surface area contributed by atoms with Crippen LogP contribution < -0.4 is 20.9 Å². The zero-order chi connectivity index (χ0) is 32.4. The highest BCUT2D eigenvalue weighted by atomic mass is 16.5. The minimum Gasteiger partial charge on any atom is -0.454 e. The van der Waals surface area contributed by atoms with Crippen molar-refractivity contribution >= 4 is 39.5 Å². The normalized spacial score (nSPS) is 11.7. The van der Waals surface area contributed by atoms with E-state index in [1.807, 2.05) is 80.6 Å². The number of carbonyl (C=O) groups excluding carboxylic acids is 1. The van der Waals surface area contributed by atoms with Crippen LogP contribution in [0.25, 0.3) is 27.6 Å². The number of rotatable bonds is 8. The Labute approximate surface area is 266 Å². The van der Waals surface area contributed by atoms with E-state index < -0.39 is 6.03 Å². The molecule has 0 radical (unpaired) electrons. The van der Waals surface area contributed by atoms with Crippen LogP contribution in [0.1, 0.15) is 64.8 Å². The molecule has 0 aliphatic heterocycles. The number of pyridine rings is 1. The summed E-state index contributed by atoms with van der Waals surface area (Å²) < 4.78 is 8.18. The van der Waals surface area contributed by atoms with Crippen LogP contribution >= 0.6 is 0 Å². The SMILES string of the molecule is CCC(CC)c1nc2c(Oc3ccc(NC(=O)Nc4cc(C(C)(C)C)nn4-c4ccccc4)c4ccccc34)ccnc2[nH]c1=O. The second-order valence-corrected chi connectivity index (χ2v) is 12.2. The van der Waals surface area contributed by atoms with Crippen molar-refractivity contribution in [2.45, 2.75) is 58.8 Å². The number of hydrogen-bond acceptors (Lipinski definition) is 6. The van der Waals surface area contributed by atoms with Crippen LogP contribution in [0.15, 0.2) is 89.9 Å². The van der Waals surface area contributed by atoms with Crippen molar-refractivity contribution in [2.75, 3.05) is 10.6 Å². The molecule has 3 N–H and O–H groups in total. The molecular formula is C36H37N7O3. The third-order valence-corrected chi connectivity index (χ3v) is 8.03. The topological polar surface area (TPSA) is 127 Å². The summed E-state index contributed by atoms with van der Waals surface area (Å²) in [6.45, 7) is 10.3. The number of urea groups is 1. The number of aromatic nitrogens is 5. The van der Waals surface area contributed by atoms with Gasteiger partial charge in [0.15, 0.2) is 11.4 Å². The van der Waals surface area contributed by atoms with Crippen molar-refractivity contribution in [3.8, 4) is 17.2 Å². The molecule has 234 valence electrons. The first kappa shape index (κ1) is 30.5. The third kappa shape index (κ3) is 6.06. The molecule has 0 bridgehead atoms. The fourth-order valence-corrected chi connectivity index (χ4v) is 5.47. The number of para-hydroxylation sites is 1. The van der Waals surface area contributed by atoms with Crippen molar-refractivity contribution in [1.82, 2.24) is 24.7 Å². The van der Waals surface area contributed by atoms with E-state index in [4.69, 9.17) is 14.8 Å². The molecule has 0 spiro atoms. The molecule has 0 aliphatic rings. The number of nitrogens with zero attached hydrogens (tertiary/aromatic N) is 4. The second kappa shape index (κ2) is 12.5. The van der Waals surface area contributed by atoms with Gasteiger partial charge >= 0.3 is 6.03 Å². The largest absolute Gasteiger partial charge is 0.454 e. The quantitative estimate of drug-likeness (QED) is 0.158. The van der Waals surface area contributed by atoms with Crippen LogP contribution in [-0.2, 0) is 5.41 Å². The molecule has 10 heteroatoms. The van der Waals surface area contributed by atoms with Gasteiger partial charge in [-0.15, -0.1) is 0 Å². The molecule has 46 heavy (non-hydrogen) atoms. The van der Waals surface area contributed by atoms with Gasteiger partial charge in [-0.3, -0.25) is 10.1 Å². The summed E-state index contributed by atoms with van der Waals surface area (Å²) in [5.41, 5.74) is 3.20. The van der Waals surface area contributed by atoms with Crippen LogP contribution in [0.5, 0.6) is 11.5 Å². The lowest BCUT2D eigenvalue weighted by atomic mass is 9.92. The van der Waals surface area contributed by atoms with Gasteiger partial charge in [0.25, 0.3) is 5.56 Å². The fourth-order valence-electron chi connectivity index (χ4n) is 5.47. The van der Waals surface area contributed by atoms with E-state index in [9.17, 15) is 9.59 Å². The first-order valence-electron chi connectivity index (χ1n) is 15.5. The number of fused-ring (bicyclic) bond motifs is 2. The van der Waals surface area contributed by atoms with E-state index in [1.54, 1.807) is 23.0 Å². The van der Waals surface area contributed by atoms with Crippen LogP contribution in [0.4, 0.5) is 16.3 Å². The highest BCUT2D eigenvalue weighted by Crippen LogP contribution is 2.36. The fraction of sp³-hybridized carbons (Fsp3) is 0.250. The number of nitrogens with one attached hydrogen (secondary N) is 3. The Bertz CT molecular complexity index is 2090. The molecule has 3 aromatic carbocycles. The molecule has 0 saturated heterocycles. The van der Waals surface area contributed by atoms with Crippen LogP contribution in [0.3, 0.4) is 0 Å². The van der Waals surface area contributed by atoms with Crippen molar-refractivity contribution < 1.29 is 9.53 Å². The van der Waals surface area contributed by atoms with Crippen molar-refractivity contribution in [1.29, 1.82) is 0 Å². The Balaban J connectivity index is 1.31. The second-order valence-electron chi connectivity index (χ2n) is 12.2. The number of anilines is 2. The minimum absolute atomic E-state index is 0.0323. The van der Waals surface area contributed by atoms with Gasteiger partial charge in [-0.05, 0) is 37.1 Å². The maximum Gasteiger partial charge on any atom is 0.324 e. The summed E-state index contributed by atoms with van der Waals surface area (Å²) in [5, 5.41) is 12.4. The summed E-state index contributed by atoms with van der Waals surface area (Å²) in [5.74, 6) is 1.63. The van der Waals surface area contributed by atoms with Gasteiger partial charge in [0.05, 0.1) is 17.1 Å². The van der Waals surface area contributed by atoms with Crippen LogP contribution in [0, 0.1) is 0 Å². The lowest BCUT2D eigenvalue weighted by Crippen LogP contribution is -2.21. The summed E-state index contributed by atoms with van der Waals surface area (Å²) >= 11 is 0. The molecule has 0 saturated carbocycles. The van der Waals surface area contributed by atoms with Gasteiger partial charge in [-0.2, -0.15) is 5.10 Å². The molecule has 0 atom stereocenters. The highest BCUT2D eigenvalue weighted by molar-refractivity contribution is 6.07. The number of hydrogen-bond donors (Lipinski definition) is 3. The van der Waals surface area contributed by atoms with E-state index in [0.29, 0.717) is 39.9 Å². The summed E-state index contributed by atoms with van der Waals surface area (Å²) in [6, 6.07) is 24.2. The Hall–Kier alpha value is -5.51. The third-order valence-electron chi connectivity index (χ3n) is 8.03. The molecule has 2 amide bonds. The zero-order valence-corrected chi connectivity index (χ0v) is 26.6. The van der Waals surface area contributed by atoms with E-state index in [1.165, 1.54) is 0 Å². The molecule has 0 fully saturated rings. The predicted molar refractivity (Wildman–Crippen MR) is 182 cm³/mol. The minimum atomic E-state index is -0.404. The number of carbonyl (C=O) groups is 1. The first-order chi connectivity index (χ1) is 22.2. The maximum absolute atomic E-state index is 13.4. The molecule has 0 unspecified atom stereocenters. The van der Waals surface area contributed by atoms with Gasteiger partial charge < -0.3 is 15.0 Å². The first-order valence-corrected chi connectivity index (χ1v) is 15.5. The van der Waals surface area contributed by atoms with E-state index in [0.717, 1.165) is 35.0 Å². The molecule has 0 aliphatic carbocycles. The average Bonchev–Trinajstić information content (AvgIpc) is 3.48. The number of amides is 2. The van der Waals surface area contributed by atoms with E-state index >= 15 is 0 Å². The monoisotopic (exact) mass is 615 g/mol. The molecule has 6 aromatic rings. The molecule has 6 rings (SSSR count). The maximum atomic E-state index is 13.4. The molecule has 3 heterocycles. The summed E-state index contributed by atoms with van der Waals surface area (Å²) in [6.07, 6.45) is 3.18. The highest BCUT2D eigenvalue weighted by Gasteiger charge is 2.22. The Kier molecular flexibility index (Phi) is 8.27. The Morgan fingerprint density at radius 3 is 2.35 bits per heavy atom. The number of benzene rings is 3. The number of aromatic amines is 1. The number of ether oxygens (including phenoxy) is 1. The van der Waals surface area contributed by atoms with Gasteiger partial charge in [0, 0.05) is 40.4 Å². The lowest BCUT2D eigenvalue weighted by molar-refractivity contribution is 0.262. The number of H-pyrrole nitrogens is 1. The summed E-state index contributed by atoms with van der Waals surface area (Å²) in [7, 11) is 0. The average molecular weight is 616 g/mol. The van der Waals surface area contributed by atoms with E-state index in [-0.39, 0.29) is 16.9 Å². The van der Waals surface area contributed by atoms with Gasteiger partial charge in [0.1, 0.15) is 22.8 Å². The van der Waals surface area contributed by atoms with E-state index in [2.05, 4.69) is 41.4 Å². The molecule has 10 nitrogen and oxygen atoms in total. The smallest absolute Gasteiger partial charge is 0.324 e. The standard InChI is InChI=1S/C36H37N7O3/c1-6-22(7-2)31-34(44)41-33-32(40-31)28(19-20-37-33)46-27-18-17-26(24-15-11-12-16-25(24)27)38-35(45)39-30-21-29(36(3,4)5)42-43(30)23-13-9-8-10-14-23/h8-22H,6-7H2,1-5H3,(H,37,41,44)(H2,38,39,45). The van der Waals surface area contributed by atoms with Crippen LogP contribution in [-0.4, -0.2) is 30.8 Å². The zero-order valence-electron chi connectivity index (χ0n) is 26.6. The predicted octanol–water partition coefficient (Wildman–Crippen LogP) is 8.29. The Morgan fingerprint density at radius 1 is 0.913 bits per heavy atom. The molecule has 3 aromatic heterocycles. The van der Waals surface area contributed by atoms with Crippen molar-refractivity contribution in [3.05, 3.63) is 107 Å². The van der Waals surface area contributed by atoms with Crippen molar-refractivity contribution in [2.24, 2.45) is 0 Å². The lowest BCUT2D eigenvalue weighted by Gasteiger charge is -2.15. The van der Waals surface area contributed by atoms with Gasteiger partial charge in [-0.25, -0.2) is 19.4 Å². The van der Waals surface area contributed by atoms with Gasteiger partial charge in [-0.1, -0.05) is 77.1 Å². The molecular weight excluding hydrogens is 578 g/mol. The van der Waals surface area contributed by atoms with Crippen molar-refractivity contribution in [3.63, 3.8) is 0 Å². The van der Waals surface area contributed by atoms with Crippen LogP contribution in [0.2, 0.25) is 0 Å². The van der Waals surface area contributed by atoms with Gasteiger partial charge in [0.2, 0.25) is 0 Å². The summed E-state index contributed by atoms with van der Waals surface area (Å²) in [4.78, 5) is 38.1.